The van der Waals surface area contributed by atoms with Crippen molar-refractivity contribution in [2.24, 2.45) is 0 Å². The Balaban J connectivity index is 2.25. The molecule has 0 saturated heterocycles. The summed E-state index contributed by atoms with van der Waals surface area (Å²) in [5, 5.41) is 0. The summed E-state index contributed by atoms with van der Waals surface area (Å²) in [5.74, 6) is -0.593. The van der Waals surface area contributed by atoms with Gasteiger partial charge in [0.25, 0.3) is 0 Å². The van der Waals surface area contributed by atoms with E-state index >= 15 is 0 Å². The minimum Gasteiger partial charge on any atom is -0.293 e. The molecule has 6 heteroatoms. The SMILES string of the molecule is CS(=O)(=O)c1ccc(C(=O)[C@H](Br)c2ccc(F)cc2)cc1. The summed E-state index contributed by atoms with van der Waals surface area (Å²) in [6.45, 7) is 0. The van der Waals surface area contributed by atoms with Gasteiger partial charge in [0.1, 0.15) is 10.6 Å². The zero-order valence-electron chi connectivity index (χ0n) is 11.1. The fourth-order valence-electron chi connectivity index (χ4n) is 1.80. The topological polar surface area (TPSA) is 51.2 Å². The highest BCUT2D eigenvalue weighted by Crippen LogP contribution is 2.27. The number of alkyl halides is 1. The van der Waals surface area contributed by atoms with Gasteiger partial charge in [0.2, 0.25) is 0 Å². The summed E-state index contributed by atoms with van der Waals surface area (Å²) in [7, 11) is -3.29. The molecule has 1 atom stereocenters. The maximum atomic E-state index is 12.9. The molecule has 0 spiro atoms. The Labute approximate surface area is 130 Å². The number of rotatable bonds is 4. The summed E-state index contributed by atoms with van der Waals surface area (Å²) in [4.78, 5) is 11.9. The lowest BCUT2D eigenvalue weighted by molar-refractivity contribution is 0.0991. The summed E-state index contributed by atoms with van der Waals surface area (Å²) in [6, 6.07) is 11.3. The number of hydrogen-bond acceptors (Lipinski definition) is 3. The quantitative estimate of drug-likeness (QED) is 0.610. The number of ketones is 1. The predicted molar refractivity (Wildman–Crippen MR) is 82.0 cm³/mol. The largest absolute Gasteiger partial charge is 0.293 e. The van der Waals surface area contributed by atoms with Crippen LogP contribution in [0.1, 0.15) is 20.7 Å². The van der Waals surface area contributed by atoms with E-state index in [9.17, 15) is 17.6 Å². The Kier molecular flexibility index (Phi) is 4.58. The van der Waals surface area contributed by atoms with Gasteiger partial charge in [0, 0.05) is 11.8 Å². The van der Waals surface area contributed by atoms with Gasteiger partial charge in [0.05, 0.1) is 4.90 Å². The second-order valence-corrected chi connectivity index (χ2v) is 7.51. The van der Waals surface area contributed by atoms with Crippen molar-refractivity contribution in [2.75, 3.05) is 6.26 Å². The molecular formula is C15H12BrFO3S. The Morgan fingerprint density at radius 2 is 1.57 bits per heavy atom. The number of Topliss-reactive ketones (excluding diaryl/α,β-unsaturated/α-hetero) is 1. The van der Waals surface area contributed by atoms with Gasteiger partial charge in [-0.1, -0.05) is 40.2 Å². The minimum absolute atomic E-state index is 0.159. The van der Waals surface area contributed by atoms with E-state index in [1.807, 2.05) is 0 Å². The van der Waals surface area contributed by atoms with E-state index in [-0.39, 0.29) is 16.5 Å². The molecule has 0 fully saturated rings. The van der Waals surface area contributed by atoms with Gasteiger partial charge in [-0.15, -0.1) is 0 Å². The molecule has 0 heterocycles. The lowest BCUT2D eigenvalue weighted by Gasteiger charge is -2.09. The Morgan fingerprint density at radius 1 is 1.05 bits per heavy atom. The van der Waals surface area contributed by atoms with Crippen LogP contribution in [-0.4, -0.2) is 20.5 Å². The van der Waals surface area contributed by atoms with Crippen LogP contribution in [0.25, 0.3) is 0 Å². The normalized spacial score (nSPS) is 12.9. The third kappa shape index (κ3) is 3.77. The van der Waals surface area contributed by atoms with Crippen molar-refractivity contribution in [3.8, 4) is 0 Å². The van der Waals surface area contributed by atoms with Crippen molar-refractivity contribution < 1.29 is 17.6 Å². The van der Waals surface area contributed by atoms with Crippen molar-refractivity contribution in [1.29, 1.82) is 0 Å². The van der Waals surface area contributed by atoms with Crippen LogP contribution >= 0.6 is 15.9 Å². The van der Waals surface area contributed by atoms with E-state index in [0.29, 0.717) is 11.1 Å². The lowest BCUT2D eigenvalue weighted by Crippen LogP contribution is -2.07. The molecule has 2 aromatic rings. The average Bonchev–Trinajstić information content (AvgIpc) is 2.46. The van der Waals surface area contributed by atoms with Crippen LogP contribution in [0.15, 0.2) is 53.4 Å². The van der Waals surface area contributed by atoms with E-state index in [2.05, 4.69) is 15.9 Å². The Bertz CT molecular complexity index is 753. The van der Waals surface area contributed by atoms with Gasteiger partial charge < -0.3 is 0 Å². The van der Waals surface area contributed by atoms with Gasteiger partial charge >= 0.3 is 0 Å². The highest BCUT2D eigenvalue weighted by atomic mass is 79.9. The average molecular weight is 371 g/mol. The van der Waals surface area contributed by atoms with Crippen molar-refractivity contribution in [3.05, 3.63) is 65.5 Å². The third-order valence-electron chi connectivity index (χ3n) is 2.96. The van der Waals surface area contributed by atoms with Crippen molar-refractivity contribution in [3.63, 3.8) is 0 Å². The second kappa shape index (κ2) is 6.07. The first kappa shape index (κ1) is 15.9. The molecule has 2 aromatic carbocycles. The zero-order chi connectivity index (χ0) is 15.6. The van der Waals surface area contributed by atoms with Crippen molar-refractivity contribution in [2.45, 2.75) is 9.72 Å². The molecule has 0 radical (unpaired) electrons. The van der Waals surface area contributed by atoms with Crippen LogP contribution in [0.2, 0.25) is 0 Å². The van der Waals surface area contributed by atoms with E-state index in [0.717, 1.165) is 6.26 Å². The van der Waals surface area contributed by atoms with Gasteiger partial charge in [-0.3, -0.25) is 4.79 Å². The van der Waals surface area contributed by atoms with Gasteiger partial charge in [-0.05, 0) is 29.8 Å². The van der Waals surface area contributed by atoms with Crippen LogP contribution in [0.5, 0.6) is 0 Å². The van der Waals surface area contributed by atoms with Crippen LogP contribution in [0.3, 0.4) is 0 Å². The fraction of sp³-hybridized carbons (Fsp3) is 0.133. The molecule has 0 saturated carbocycles. The number of hydrogen-bond donors (Lipinski definition) is 0. The highest BCUT2D eigenvalue weighted by molar-refractivity contribution is 9.09. The number of benzene rings is 2. The summed E-state index contributed by atoms with van der Waals surface area (Å²) < 4.78 is 35.6. The van der Waals surface area contributed by atoms with Gasteiger partial charge in [0.15, 0.2) is 15.6 Å². The third-order valence-corrected chi connectivity index (χ3v) is 5.03. The number of sulfone groups is 1. The van der Waals surface area contributed by atoms with Gasteiger partial charge in [-0.2, -0.15) is 0 Å². The Morgan fingerprint density at radius 3 is 2.05 bits per heavy atom. The number of carbonyl (C=O) groups is 1. The summed E-state index contributed by atoms with van der Waals surface area (Å²) >= 11 is 3.28. The molecule has 2 rings (SSSR count). The maximum absolute atomic E-state index is 12.9. The molecule has 21 heavy (non-hydrogen) atoms. The molecule has 0 aromatic heterocycles. The summed E-state index contributed by atoms with van der Waals surface area (Å²) in [6.07, 6.45) is 1.11. The van der Waals surface area contributed by atoms with Crippen molar-refractivity contribution in [1.82, 2.24) is 0 Å². The molecule has 110 valence electrons. The zero-order valence-corrected chi connectivity index (χ0v) is 13.5. The standard InChI is InChI=1S/C15H12BrFO3S/c1-21(19,20)13-8-4-11(5-9-13)15(18)14(16)10-2-6-12(17)7-3-10/h2-9,14H,1H3/t14-/m1/s1. The van der Waals surface area contributed by atoms with E-state index < -0.39 is 14.7 Å². The van der Waals surface area contributed by atoms with Crippen LogP contribution in [-0.2, 0) is 9.84 Å². The number of halogens is 2. The first-order chi connectivity index (χ1) is 9.79. The predicted octanol–water partition coefficient (Wildman–Crippen LogP) is 3.55. The fourth-order valence-corrected chi connectivity index (χ4v) is 3.00. The summed E-state index contributed by atoms with van der Waals surface area (Å²) in [5.41, 5.74) is 1.02. The highest BCUT2D eigenvalue weighted by Gasteiger charge is 2.19. The first-order valence-corrected chi connectivity index (χ1v) is 8.83. The van der Waals surface area contributed by atoms with E-state index in [1.54, 1.807) is 0 Å². The van der Waals surface area contributed by atoms with Gasteiger partial charge in [-0.25, -0.2) is 12.8 Å². The number of carbonyl (C=O) groups excluding carboxylic acids is 1. The molecule has 0 aliphatic rings. The van der Waals surface area contributed by atoms with Crippen LogP contribution in [0.4, 0.5) is 4.39 Å². The Hall–Kier alpha value is -1.53. The smallest absolute Gasteiger partial charge is 0.180 e. The maximum Gasteiger partial charge on any atom is 0.180 e. The van der Waals surface area contributed by atoms with Crippen molar-refractivity contribution >= 4 is 31.6 Å². The first-order valence-electron chi connectivity index (χ1n) is 6.03. The van der Waals surface area contributed by atoms with Crippen LogP contribution < -0.4 is 0 Å². The van der Waals surface area contributed by atoms with Crippen LogP contribution in [0, 0.1) is 5.82 Å². The molecule has 0 amide bonds. The molecule has 3 nitrogen and oxygen atoms in total. The second-order valence-electron chi connectivity index (χ2n) is 4.57. The molecule has 0 bridgehead atoms. The van der Waals surface area contributed by atoms with E-state index in [4.69, 9.17) is 0 Å². The van der Waals surface area contributed by atoms with E-state index in [1.165, 1.54) is 48.5 Å². The molecule has 0 aliphatic heterocycles. The minimum atomic E-state index is -3.29. The lowest BCUT2D eigenvalue weighted by atomic mass is 10.0. The molecule has 0 unspecified atom stereocenters. The monoisotopic (exact) mass is 370 g/mol. The molecule has 0 aliphatic carbocycles. The molecule has 0 N–H and O–H groups in total. The molecular weight excluding hydrogens is 359 g/mol.